The molecule has 0 N–H and O–H groups in total. The van der Waals surface area contributed by atoms with Gasteiger partial charge in [-0.05, 0) is 56.8 Å². The van der Waals surface area contributed by atoms with Crippen LogP contribution in [0, 0.1) is 11.8 Å². The van der Waals surface area contributed by atoms with E-state index in [0.717, 1.165) is 18.0 Å². The maximum atomic E-state index is 4.75. The van der Waals surface area contributed by atoms with E-state index in [2.05, 4.69) is 31.5 Å². The van der Waals surface area contributed by atoms with Crippen LogP contribution in [0.15, 0.2) is 25.0 Å². The third-order valence-electron chi connectivity index (χ3n) is 4.76. The number of aromatic nitrogens is 2. The summed E-state index contributed by atoms with van der Waals surface area (Å²) in [6, 6.07) is 0. The Morgan fingerprint density at radius 2 is 2.05 bits per heavy atom. The van der Waals surface area contributed by atoms with Crippen molar-refractivity contribution in [2.24, 2.45) is 11.8 Å². The summed E-state index contributed by atoms with van der Waals surface area (Å²) >= 11 is 0. The largest absolute Gasteiger partial charge is 0.261 e. The van der Waals surface area contributed by atoms with Crippen molar-refractivity contribution < 1.29 is 0 Å². The zero-order chi connectivity index (χ0) is 14.4. The molecule has 2 nitrogen and oxygen atoms in total. The van der Waals surface area contributed by atoms with Gasteiger partial charge in [-0.2, -0.15) is 0 Å². The van der Waals surface area contributed by atoms with Gasteiger partial charge in [0.1, 0.15) is 0 Å². The van der Waals surface area contributed by atoms with Crippen molar-refractivity contribution >= 4 is 0 Å². The summed E-state index contributed by atoms with van der Waals surface area (Å²) in [5, 5.41) is 0. The molecular formula is C18H28N2. The second-order valence-electron chi connectivity index (χ2n) is 6.30. The average molecular weight is 272 g/mol. The Hall–Kier alpha value is -1.18. The van der Waals surface area contributed by atoms with E-state index in [9.17, 15) is 0 Å². The number of rotatable bonds is 6. The van der Waals surface area contributed by atoms with Crippen LogP contribution in [0.1, 0.15) is 69.7 Å². The first-order valence-corrected chi connectivity index (χ1v) is 8.16. The summed E-state index contributed by atoms with van der Waals surface area (Å²) in [6.07, 6.45) is 14.9. The van der Waals surface area contributed by atoms with Gasteiger partial charge in [-0.25, -0.2) is 0 Å². The highest BCUT2D eigenvalue weighted by Crippen LogP contribution is 2.37. The predicted octanol–water partition coefficient (Wildman–Crippen LogP) is 4.92. The van der Waals surface area contributed by atoms with Gasteiger partial charge in [0.05, 0.1) is 11.4 Å². The molecule has 1 heterocycles. The minimum atomic E-state index is 0.641. The second-order valence-corrected chi connectivity index (χ2v) is 6.30. The molecule has 1 aromatic rings. The van der Waals surface area contributed by atoms with E-state index in [1.165, 1.54) is 44.2 Å². The Morgan fingerprint density at radius 3 is 2.70 bits per heavy atom. The van der Waals surface area contributed by atoms with E-state index in [1.807, 2.05) is 12.4 Å². The molecule has 1 fully saturated rings. The normalized spacial score (nSPS) is 24.3. The van der Waals surface area contributed by atoms with E-state index in [-0.39, 0.29) is 0 Å². The molecule has 20 heavy (non-hydrogen) atoms. The van der Waals surface area contributed by atoms with Crippen LogP contribution < -0.4 is 0 Å². The molecule has 0 amide bonds. The molecule has 110 valence electrons. The highest BCUT2D eigenvalue weighted by Gasteiger charge is 2.23. The molecule has 0 bridgehead atoms. The summed E-state index contributed by atoms with van der Waals surface area (Å²) in [5.41, 5.74) is 2.35. The van der Waals surface area contributed by atoms with Gasteiger partial charge in [0.2, 0.25) is 0 Å². The molecule has 0 aliphatic heterocycles. The fourth-order valence-corrected chi connectivity index (χ4v) is 3.15. The minimum Gasteiger partial charge on any atom is -0.261 e. The summed E-state index contributed by atoms with van der Waals surface area (Å²) in [4.78, 5) is 9.10. The van der Waals surface area contributed by atoms with Crippen molar-refractivity contribution in [2.75, 3.05) is 0 Å². The van der Waals surface area contributed by atoms with Gasteiger partial charge < -0.3 is 0 Å². The van der Waals surface area contributed by atoms with Gasteiger partial charge >= 0.3 is 0 Å². The molecule has 1 aliphatic carbocycles. The maximum Gasteiger partial charge on any atom is 0.0620 e. The molecular weight excluding hydrogens is 244 g/mol. The topological polar surface area (TPSA) is 25.8 Å². The van der Waals surface area contributed by atoms with E-state index in [4.69, 9.17) is 4.98 Å². The fraction of sp³-hybridized carbons (Fsp3) is 0.667. The van der Waals surface area contributed by atoms with Gasteiger partial charge in [0.25, 0.3) is 0 Å². The first-order chi connectivity index (χ1) is 9.72. The molecule has 1 aromatic heterocycles. The standard InChI is InChI=1S/C18H28N2/c1-4-14(3)6-7-15-8-10-16(11-9-15)18-13-19-12-17(5-2)20-18/h4,12-16H,1,5-11H2,2-3H3. The molecule has 0 radical (unpaired) electrons. The van der Waals surface area contributed by atoms with Crippen LogP contribution >= 0.6 is 0 Å². The fourth-order valence-electron chi connectivity index (χ4n) is 3.15. The van der Waals surface area contributed by atoms with Crippen molar-refractivity contribution in [1.29, 1.82) is 0 Å². The van der Waals surface area contributed by atoms with Crippen LogP contribution in [0.2, 0.25) is 0 Å². The molecule has 1 atom stereocenters. The van der Waals surface area contributed by atoms with Gasteiger partial charge in [-0.3, -0.25) is 9.97 Å². The SMILES string of the molecule is C=CC(C)CCC1CCC(c2cncc(CC)n2)CC1. The summed E-state index contributed by atoms with van der Waals surface area (Å²) < 4.78 is 0. The molecule has 0 saturated heterocycles. The molecule has 1 unspecified atom stereocenters. The summed E-state index contributed by atoms with van der Waals surface area (Å²) in [5.74, 6) is 2.22. The highest BCUT2D eigenvalue weighted by molar-refractivity contribution is 5.09. The van der Waals surface area contributed by atoms with Gasteiger partial charge in [0.15, 0.2) is 0 Å². The lowest BCUT2D eigenvalue weighted by atomic mass is 9.78. The number of hydrogen-bond donors (Lipinski definition) is 0. The van der Waals surface area contributed by atoms with Crippen LogP contribution in [-0.2, 0) is 6.42 Å². The quantitative estimate of drug-likeness (QED) is 0.687. The number of aryl methyl sites for hydroxylation is 1. The van der Waals surface area contributed by atoms with E-state index >= 15 is 0 Å². The van der Waals surface area contributed by atoms with Crippen LogP contribution in [-0.4, -0.2) is 9.97 Å². The Bertz CT molecular complexity index is 419. The Labute approximate surface area is 123 Å². The van der Waals surface area contributed by atoms with Crippen LogP contribution in [0.25, 0.3) is 0 Å². The van der Waals surface area contributed by atoms with Crippen molar-refractivity contribution in [3.8, 4) is 0 Å². The Kier molecular flexibility index (Phi) is 5.75. The van der Waals surface area contributed by atoms with E-state index in [1.54, 1.807) is 0 Å². The molecule has 1 saturated carbocycles. The Morgan fingerprint density at radius 1 is 1.30 bits per heavy atom. The lowest BCUT2D eigenvalue weighted by Crippen LogP contribution is -2.15. The third-order valence-corrected chi connectivity index (χ3v) is 4.76. The molecule has 1 aliphatic rings. The van der Waals surface area contributed by atoms with Crippen molar-refractivity contribution in [3.63, 3.8) is 0 Å². The molecule has 0 spiro atoms. The van der Waals surface area contributed by atoms with Crippen LogP contribution in [0.4, 0.5) is 0 Å². The third kappa shape index (κ3) is 4.16. The van der Waals surface area contributed by atoms with Crippen molar-refractivity contribution in [3.05, 3.63) is 36.4 Å². The van der Waals surface area contributed by atoms with E-state index in [0.29, 0.717) is 11.8 Å². The number of allylic oxidation sites excluding steroid dienone is 1. The number of nitrogens with zero attached hydrogens (tertiary/aromatic N) is 2. The molecule has 2 rings (SSSR count). The second kappa shape index (κ2) is 7.56. The highest BCUT2D eigenvalue weighted by atomic mass is 14.8. The van der Waals surface area contributed by atoms with Crippen LogP contribution in [0.3, 0.4) is 0 Å². The lowest BCUT2D eigenvalue weighted by Gasteiger charge is -2.28. The summed E-state index contributed by atoms with van der Waals surface area (Å²) in [7, 11) is 0. The molecule has 0 aromatic carbocycles. The van der Waals surface area contributed by atoms with Crippen molar-refractivity contribution in [2.45, 2.75) is 64.7 Å². The van der Waals surface area contributed by atoms with Gasteiger partial charge in [-0.1, -0.05) is 19.9 Å². The van der Waals surface area contributed by atoms with Crippen LogP contribution in [0.5, 0.6) is 0 Å². The Balaban J connectivity index is 1.83. The lowest BCUT2D eigenvalue weighted by molar-refractivity contribution is 0.294. The number of hydrogen-bond acceptors (Lipinski definition) is 2. The average Bonchev–Trinajstić information content (AvgIpc) is 2.53. The first-order valence-electron chi connectivity index (χ1n) is 8.16. The first kappa shape index (κ1) is 15.2. The zero-order valence-corrected chi connectivity index (χ0v) is 13.0. The van der Waals surface area contributed by atoms with Crippen molar-refractivity contribution in [1.82, 2.24) is 9.97 Å². The minimum absolute atomic E-state index is 0.641. The summed E-state index contributed by atoms with van der Waals surface area (Å²) in [6.45, 7) is 8.29. The van der Waals surface area contributed by atoms with Gasteiger partial charge in [0, 0.05) is 18.3 Å². The van der Waals surface area contributed by atoms with E-state index < -0.39 is 0 Å². The smallest absolute Gasteiger partial charge is 0.0620 e. The maximum absolute atomic E-state index is 4.75. The monoisotopic (exact) mass is 272 g/mol. The predicted molar refractivity (Wildman–Crippen MR) is 84.7 cm³/mol. The molecule has 2 heteroatoms. The zero-order valence-electron chi connectivity index (χ0n) is 13.0. The van der Waals surface area contributed by atoms with Gasteiger partial charge in [-0.15, -0.1) is 6.58 Å².